The number of nitrogens with one attached hydrogen (secondary N) is 3. The van der Waals surface area contributed by atoms with Crippen molar-refractivity contribution in [2.24, 2.45) is 0 Å². The third-order valence-corrected chi connectivity index (χ3v) is 4.59. The molecular weight excluding hydrogens is 356 g/mol. The Morgan fingerprint density at radius 3 is 2.71 bits per heavy atom. The van der Waals surface area contributed by atoms with E-state index in [1.165, 1.54) is 0 Å². The molecule has 2 amide bonds. The molecular formula is C19H22N8O. The minimum Gasteiger partial charge on any atom is -0.339 e. The smallest absolute Gasteiger partial charge is 0.319 e. The summed E-state index contributed by atoms with van der Waals surface area (Å²) in [6.45, 7) is 3.44. The van der Waals surface area contributed by atoms with Crippen LogP contribution in [0.15, 0.2) is 42.7 Å². The van der Waals surface area contributed by atoms with Gasteiger partial charge in [-0.05, 0) is 50.1 Å². The summed E-state index contributed by atoms with van der Waals surface area (Å²) in [5.74, 6) is 2.10. The summed E-state index contributed by atoms with van der Waals surface area (Å²) in [6.07, 6.45) is 5.37. The van der Waals surface area contributed by atoms with Gasteiger partial charge in [-0.2, -0.15) is 5.10 Å². The van der Waals surface area contributed by atoms with Crippen LogP contribution in [0, 0.1) is 6.92 Å². The van der Waals surface area contributed by atoms with E-state index >= 15 is 0 Å². The van der Waals surface area contributed by atoms with Crippen molar-refractivity contribution >= 4 is 17.7 Å². The number of hydrogen-bond donors (Lipinski definition) is 3. The van der Waals surface area contributed by atoms with Gasteiger partial charge in [0.1, 0.15) is 5.82 Å². The van der Waals surface area contributed by atoms with E-state index in [2.05, 4.69) is 40.7 Å². The number of benzene rings is 1. The maximum absolute atomic E-state index is 12.4. The average Bonchev–Trinajstić information content (AvgIpc) is 3.16. The molecule has 1 aliphatic rings. The van der Waals surface area contributed by atoms with Crippen LogP contribution in [0.25, 0.3) is 11.4 Å². The second-order valence-electron chi connectivity index (χ2n) is 6.75. The van der Waals surface area contributed by atoms with Crippen LogP contribution < -0.4 is 15.5 Å². The number of H-pyrrole nitrogens is 1. The molecule has 2 aromatic heterocycles. The minimum absolute atomic E-state index is 0.0491. The Morgan fingerprint density at radius 2 is 2.00 bits per heavy atom. The fourth-order valence-electron chi connectivity index (χ4n) is 3.26. The van der Waals surface area contributed by atoms with Crippen LogP contribution >= 0.6 is 0 Å². The SMILES string of the molecule is Cc1nc(-c2ccc(NC(=O)NC3CCCN(c4ncccn4)C3)cc2)n[nH]1. The van der Waals surface area contributed by atoms with Crippen molar-refractivity contribution in [2.45, 2.75) is 25.8 Å². The quantitative estimate of drug-likeness (QED) is 0.643. The Balaban J connectivity index is 1.32. The zero-order valence-corrected chi connectivity index (χ0v) is 15.6. The largest absolute Gasteiger partial charge is 0.339 e. The summed E-state index contributed by atoms with van der Waals surface area (Å²) in [7, 11) is 0. The molecule has 3 aromatic rings. The highest BCUT2D eigenvalue weighted by atomic mass is 16.2. The number of nitrogens with zero attached hydrogens (tertiary/aromatic N) is 5. The molecule has 1 saturated heterocycles. The second-order valence-corrected chi connectivity index (χ2v) is 6.75. The molecule has 3 heterocycles. The van der Waals surface area contributed by atoms with E-state index in [-0.39, 0.29) is 12.1 Å². The van der Waals surface area contributed by atoms with Crippen molar-refractivity contribution in [3.63, 3.8) is 0 Å². The van der Waals surface area contributed by atoms with Gasteiger partial charge in [-0.1, -0.05) is 0 Å². The second kappa shape index (κ2) is 8.03. The Hall–Kier alpha value is -3.49. The number of aryl methyl sites for hydroxylation is 1. The lowest BCUT2D eigenvalue weighted by Crippen LogP contribution is -2.49. The van der Waals surface area contributed by atoms with Gasteiger partial charge in [-0.25, -0.2) is 19.7 Å². The van der Waals surface area contributed by atoms with E-state index in [1.807, 2.05) is 31.2 Å². The zero-order chi connectivity index (χ0) is 19.3. The molecule has 1 fully saturated rings. The molecule has 28 heavy (non-hydrogen) atoms. The first kappa shape index (κ1) is 17.9. The predicted octanol–water partition coefficient (Wildman–Crippen LogP) is 2.36. The van der Waals surface area contributed by atoms with Crippen molar-refractivity contribution < 1.29 is 4.79 Å². The van der Waals surface area contributed by atoms with E-state index in [4.69, 9.17) is 0 Å². The molecule has 4 rings (SSSR count). The Kier molecular flexibility index (Phi) is 5.14. The Labute approximate surface area is 162 Å². The number of aromatic amines is 1. The van der Waals surface area contributed by atoms with Crippen LogP contribution in [-0.4, -0.2) is 50.3 Å². The molecule has 0 spiro atoms. The van der Waals surface area contributed by atoms with Gasteiger partial charge in [0.2, 0.25) is 5.95 Å². The molecule has 9 nitrogen and oxygen atoms in total. The minimum atomic E-state index is -0.220. The first-order chi connectivity index (χ1) is 13.7. The number of urea groups is 1. The van der Waals surface area contributed by atoms with Crippen LogP contribution in [0.1, 0.15) is 18.7 Å². The third-order valence-electron chi connectivity index (χ3n) is 4.59. The normalized spacial score (nSPS) is 16.6. The van der Waals surface area contributed by atoms with E-state index in [1.54, 1.807) is 18.5 Å². The number of piperidine rings is 1. The molecule has 0 aliphatic carbocycles. The van der Waals surface area contributed by atoms with Crippen molar-refractivity contribution in [1.82, 2.24) is 30.5 Å². The number of amides is 2. The Morgan fingerprint density at radius 1 is 1.21 bits per heavy atom. The predicted molar refractivity (Wildman–Crippen MR) is 106 cm³/mol. The van der Waals surface area contributed by atoms with Gasteiger partial charge in [-0.15, -0.1) is 0 Å². The molecule has 1 aromatic carbocycles. The van der Waals surface area contributed by atoms with E-state index in [0.29, 0.717) is 24.0 Å². The van der Waals surface area contributed by atoms with Crippen LogP contribution in [0.3, 0.4) is 0 Å². The van der Waals surface area contributed by atoms with E-state index in [9.17, 15) is 4.79 Å². The highest BCUT2D eigenvalue weighted by molar-refractivity contribution is 5.89. The zero-order valence-electron chi connectivity index (χ0n) is 15.6. The lowest BCUT2D eigenvalue weighted by molar-refractivity contribution is 0.246. The molecule has 0 bridgehead atoms. The van der Waals surface area contributed by atoms with Gasteiger partial charge >= 0.3 is 6.03 Å². The lowest BCUT2D eigenvalue weighted by atomic mass is 10.1. The fraction of sp³-hybridized carbons (Fsp3) is 0.316. The summed E-state index contributed by atoms with van der Waals surface area (Å²) in [5.41, 5.74) is 1.61. The third kappa shape index (κ3) is 4.25. The van der Waals surface area contributed by atoms with Crippen molar-refractivity contribution in [3.8, 4) is 11.4 Å². The summed E-state index contributed by atoms with van der Waals surface area (Å²) < 4.78 is 0. The summed E-state index contributed by atoms with van der Waals surface area (Å²) in [4.78, 5) is 27.4. The van der Waals surface area contributed by atoms with Gasteiger partial charge < -0.3 is 15.5 Å². The number of rotatable bonds is 4. The molecule has 144 valence electrons. The van der Waals surface area contributed by atoms with Crippen molar-refractivity contribution in [1.29, 1.82) is 0 Å². The van der Waals surface area contributed by atoms with Crippen molar-refractivity contribution in [3.05, 3.63) is 48.5 Å². The maximum atomic E-state index is 12.4. The molecule has 3 N–H and O–H groups in total. The topological polar surface area (TPSA) is 112 Å². The number of hydrogen-bond acceptors (Lipinski definition) is 6. The van der Waals surface area contributed by atoms with Crippen molar-refractivity contribution in [2.75, 3.05) is 23.3 Å². The van der Waals surface area contributed by atoms with Crippen LogP contribution in [0.2, 0.25) is 0 Å². The van der Waals surface area contributed by atoms with Gasteiger partial charge in [0.25, 0.3) is 0 Å². The first-order valence-corrected chi connectivity index (χ1v) is 9.26. The van der Waals surface area contributed by atoms with Crippen LogP contribution in [-0.2, 0) is 0 Å². The number of carbonyl (C=O) groups is 1. The number of anilines is 2. The molecule has 9 heteroatoms. The highest BCUT2D eigenvalue weighted by Gasteiger charge is 2.23. The van der Waals surface area contributed by atoms with Crippen LogP contribution in [0.4, 0.5) is 16.4 Å². The average molecular weight is 378 g/mol. The van der Waals surface area contributed by atoms with Gasteiger partial charge in [0.15, 0.2) is 5.82 Å². The molecule has 1 unspecified atom stereocenters. The van der Waals surface area contributed by atoms with Gasteiger partial charge in [-0.3, -0.25) is 5.10 Å². The molecule has 0 radical (unpaired) electrons. The monoisotopic (exact) mass is 378 g/mol. The summed E-state index contributed by atoms with van der Waals surface area (Å²) in [6, 6.07) is 9.07. The van der Waals surface area contributed by atoms with Gasteiger partial charge in [0, 0.05) is 42.8 Å². The first-order valence-electron chi connectivity index (χ1n) is 9.26. The maximum Gasteiger partial charge on any atom is 0.319 e. The van der Waals surface area contributed by atoms with E-state index in [0.717, 1.165) is 30.8 Å². The van der Waals surface area contributed by atoms with Crippen LogP contribution in [0.5, 0.6) is 0 Å². The molecule has 1 aliphatic heterocycles. The summed E-state index contributed by atoms with van der Waals surface area (Å²) >= 11 is 0. The number of carbonyl (C=O) groups excluding carboxylic acids is 1. The van der Waals surface area contributed by atoms with Gasteiger partial charge in [0.05, 0.1) is 0 Å². The fourth-order valence-corrected chi connectivity index (χ4v) is 3.26. The molecule has 1 atom stereocenters. The highest BCUT2D eigenvalue weighted by Crippen LogP contribution is 2.18. The van der Waals surface area contributed by atoms with E-state index < -0.39 is 0 Å². The lowest BCUT2D eigenvalue weighted by Gasteiger charge is -2.33. The number of aromatic nitrogens is 5. The standard InChI is InChI=1S/C19H22N8O/c1-13-22-17(26-25-13)14-5-7-15(8-6-14)23-19(28)24-16-4-2-11-27(12-16)18-20-9-3-10-21-18/h3,5-10,16H,2,4,11-12H2,1H3,(H,22,25,26)(H2,23,24,28). The summed E-state index contributed by atoms with van der Waals surface area (Å²) in [5, 5.41) is 12.9. The Bertz CT molecular complexity index is 925. The molecule has 0 saturated carbocycles.